The molecule has 3 rings (SSSR count). The van der Waals surface area contributed by atoms with Crippen LogP contribution in [0.25, 0.3) is 10.2 Å². The highest BCUT2D eigenvalue weighted by molar-refractivity contribution is 8.01. The Balaban J connectivity index is 1.78. The lowest BCUT2D eigenvalue weighted by atomic mass is 10.2. The largest absolute Gasteiger partial charge is 0.506 e. The van der Waals surface area contributed by atoms with Crippen molar-refractivity contribution in [1.82, 2.24) is 9.88 Å². The van der Waals surface area contributed by atoms with E-state index in [1.54, 1.807) is 11.8 Å². The molecule has 8 heteroatoms. The van der Waals surface area contributed by atoms with Gasteiger partial charge in [-0.15, -0.1) is 23.1 Å². The van der Waals surface area contributed by atoms with Crippen LogP contribution in [0.3, 0.4) is 0 Å². The Morgan fingerprint density at radius 3 is 2.71 bits per heavy atom. The molecule has 1 saturated heterocycles. The number of thiophene rings is 1. The second kappa shape index (κ2) is 7.58. The first-order valence-corrected chi connectivity index (χ1v) is 9.90. The van der Waals surface area contributed by atoms with Crippen LogP contribution in [0, 0.1) is 0 Å². The number of nitrogens with two attached hydrogens (primary N) is 1. The molecule has 0 unspecified atom stereocenters. The van der Waals surface area contributed by atoms with Crippen molar-refractivity contribution in [3.63, 3.8) is 0 Å². The summed E-state index contributed by atoms with van der Waals surface area (Å²) in [5, 5.41) is 9.95. The van der Waals surface area contributed by atoms with Crippen molar-refractivity contribution in [3.8, 4) is 5.75 Å². The Morgan fingerprint density at radius 1 is 1.33 bits per heavy atom. The molecule has 1 amide bonds. The molecule has 0 aliphatic carbocycles. The summed E-state index contributed by atoms with van der Waals surface area (Å²) in [5.41, 5.74) is 5.71. The number of pyridine rings is 1. The van der Waals surface area contributed by atoms with E-state index in [1.807, 2.05) is 0 Å². The predicted octanol–water partition coefficient (Wildman–Crippen LogP) is 2.36. The summed E-state index contributed by atoms with van der Waals surface area (Å²) in [7, 11) is 0. The van der Waals surface area contributed by atoms with Crippen molar-refractivity contribution in [2.24, 2.45) is 5.73 Å². The van der Waals surface area contributed by atoms with Crippen LogP contribution in [0.2, 0.25) is 0 Å². The van der Waals surface area contributed by atoms with E-state index in [9.17, 15) is 14.7 Å². The number of H-pyrrole nitrogens is 1. The Morgan fingerprint density at radius 2 is 2.04 bits per heavy atom. The maximum atomic E-state index is 11.8. The highest BCUT2D eigenvalue weighted by Gasteiger charge is 2.20. The number of aromatic hydroxyl groups is 1. The molecular weight excluding hydrogens is 346 g/mol. The summed E-state index contributed by atoms with van der Waals surface area (Å²) in [6.45, 7) is 3.22. The number of aromatic amines is 1. The number of carbonyl (C=O) groups is 1. The lowest BCUT2D eigenvalue weighted by Crippen LogP contribution is -2.27. The van der Waals surface area contributed by atoms with Crippen LogP contribution >= 0.6 is 23.1 Å². The van der Waals surface area contributed by atoms with Crippen molar-refractivity contribution < 1.29 is 9.90 Å². The second-order valence-corrected chi connectivity index (χ2v) is 8.34. The van der Waals surface area contributed by atoms with Crippen molar-refractivity contribution in [1.29, 1.82) is 0 Å². The molecule has 6 nitrogen and oxygen atoms in total. The van der Waals surface area contributed by atoms with Gasteiger partial charge in [-0.3, -0.25) is 9.59 Å². The highest BCUT2D eigenvalue weighted by Crippen LogP contribution is 2.40. The van der Waals surface area contributed by atoms with Gasteiger partial charge in [-0.05, 0) is 25.9 Å². The normalized spacial score (nSPS) is 16.3. The van der Waals surface area contributed by atoms with Gasteiger partial charge < -0.3 is 20.7 Å². The maximum Gasteiger partial charge on any atom is 0.252 e. The van der Waals surface area contributed by atoms with Gasteiger partial charge in [0.1, 0.15) is 5.75 Å². The first kappa shape index (κ1) is 17.3. The third-order valence-electron chi connectivity index (χ3n) is 4.21. The first-order chi connectivity index (χ1) is 11.6. The van der Waals surface area contributed by atoms with Gasteiger partial charge in [-0.2, -0.15) is 0 Å². The fourth-order valence-electron chi connectivity index (χ4n) is 3.01. The summed E-state index contributed by atoms with van der Waals surface area (Å²) in [6, 6.07) is 1.12. The SMILES string of the molecule is NC(=O)c1c(SCCN2CCCCCC2)sc2c(O)cc(=O)[nH]c12. The fraction of sp³-hybridized carbons (Fsp3) is 0.500. The molecule has 2 aromatic rings. The molecule has 24 heavy (non-hydrogen) atoms. The molecule has 1 aliphatic heterocycles. The van der Waals surface area contributed by atoms with Crippen molar-refractivity contribution in [3.05, 3.63) is 22.0 Å². The fourth-order valence-corrected chi connectivity index (χ4v) is 5.54. The average molecular weight is 367 g/mol. The third kappa shape index (κ3) is 3.76. The predicted molar refractivity (Wildman–Crippen MR) is 98.3 cm³/mol. The van der Waals surface area contributed by atoms with Crippen LogP contribution in [0.1, 0.15) is 36.0 Å². The van der Waals surface area contributed by atoms with Gasteiger partial charge in [0, 0.05) is 18.4 Å². The van der Waals surface area contributed by atoms with Crippen LogP contribution in [-0.2, 0) is 0 Å². The summed E-state index contributed by atoms with van der Waals surface area (Å²) in [6.07, 6.45) is 5.10. The van der Waals surface area contributed by atoms with Gasteiger partial charge in [0.15, 0.2) is 0 Å². The highest BCUT2D eigenvalue weighted by atomic mass is 32.2. The topological polar surface area (TPSA) is 99.4 Å². The van der Waals surface area contributed by atoms with Gasteiger partial charge in [-0.25, -0.2) is 0 Å². The number of fused-ring (bicyclic) bond motifs is 1. The first-order valence-electron chi connectivity index (χ1n) is 8.10. The molecule has 4 N–H and O–H groups in total. The van der Waals surface area contributed by atoms with E-state index in [0.717, 1.165) is 35.7 Å². The van der Waals surface area contributed by atoms with E-state index < -0.39 is 11.5 Å². The Labute approximate surface area is 148 Å². The minimum atomic E-state index is -0.584. The molecular formula is C16H21N3O3S2. The number of aromatic nitrogens is 1. The molecule has 0 spiro atoms. The van der Waals surface area contributed by atoms with E-state index in [-0.39, 0.29) is 5.75 Å². The molecule has 0 atom stereocenters. The maximum absolute atomic E-state index is 11.8. The van der Waals surface area contributed by atoms with Crippen LogP contribution in [-0.4, -0.2) is 46.3 Å². The second-order valence-electron chi connectivity index (χ2n) is 5.96. The van der Waals surface area contributed by atoms with Gasteiger partial charge in [0.2, 0.25) is 0 Å². The van der Waals surface area contributed by atoms with E-state index in [0.29, 0.717) is 15.8 Å². The molecule has 0 saturated carbocycles. The number of nitrogens with zero attached hydrogens (tertiary/aromatic N) is 1. The van der Waals surface area contributed by atoms with Crippen molar-refractivity contribution >= 4 is 39.2 Å². The molecule has 1 fully saturated rings. The average Bonchev–Trinajstić information content (AvgIpc) is 2.70. The smallest absolute Gasteiger partial charge is 0.252 e. The van der Waals surface area contributed by atoms with Crippen LogP contribution in [0.5, 0.6) is 5.75 Å². The lowest BCUT2D eigenvalue weighted by molar-refractivity contribution is 0.0999. The molecule has 1 aliphatic rings. The number of rotatable bonds is 5. The van der Waals surface area contributed by atoms with Crippen LogP contribution in [0.15, 0.2) is 15.1 Å². The van der Waals surface area contributed by atoms with Crippen molar-refractivity contribution in [2.75, 3.05) is 25.4 Å². The van der Waals surface area contributed by atoms with E-state index in [4.69, 9.17) is 5.73 Å². The molecule has 0 aromatic carbocycles. The number of nitrogens with one attached hydrogen (secondary N) is 1. The Kier molecular flexibility index (Phi) is 5.47. The summed E-state index contributed by atoms with van der Waals surface area (Å²) >= 11 is 2.86. The summed E-state index contributed by atoms with van der Waals surface area (Å²) in [4.78, 5) is 28.5. The number of likely N-dealkylation sites (tertiary alicyclic amines) is 1. The number of amides is 1. The van der Waals surface area contributed by atoms with Crippen molar-refractivity contribution in [2.45, 2.75) is 29.9 Å². The zero-order chi connectivity index (χ0) is 17.1. The number of primary amides is 1. The van der Waals surface area contributed by atoms with E-state index >= 15 is 0 Å². The minimum Gasteiger partial charge on any atom is -0.506 e. The van der Waals surface area contributed by atoms with E-state index in [2.05, 4.69) is 9.88 Å². The molecule has 0 bridgehead atoms. The van der Waals surface area contributed by atoms with Gasteiger partial charge in [0.05, 0.1) is 20.0 Å². The lowest BCUT2D eigenvalue weighted by Gasteiger charge is -2.18. The van der Waals surface area contributed by atoms with Gasteiger partial charge in [0.25, 0.3) is 11.5 Å². The Bertz CT molecular complexity index is 792. The molecule has 0 radical (unpaired) electrons. The van der Waals surface area contributed by atoms with Crippen LogP contribution < -0.4 is 11.3 Å². The molecule has 2 aromatic heterocycles. The number of hydrogen-bond donors (Lipinski definition) is 3. The van der Waals surface area contributed by atoms with Crippen LogP contribution in [0.4, 0.5) is 0 Å². The number of hydrogen-bond acceptors (Lipinski definition) is 6. The monoisotopic (exact) mass is 367 g/mol. The molecule has 3 heterocycles. The third-order valence-corrected chi connectivity index (χ3v) is 6.67. The van der Waals surface area contributed by atoms with Gasteiger partial charge >= 0.3 is 0 Å². The number of carbonyl (C=O) groups excluding carboxylic acids is 1. The summed E-state index contributed by atoms with van der Waals surface area (Å²) < 4.78 is 1.25. The van der Waals surface area contributed by atoms with E-state index in [1.165, 1.54) is 37.0 Å². The molecule has 130 valence electrons. The quantitative estimate of drug-likeness (QED) is 0.705. The summed E-state index contributed by atoms with van der Waals surface area (Å²) in [5.74, 6) is 0.151. The van der Waals surface area contributed by atoms with Gasteiger partial charge in [-0.1, -0.05) is 12.8 Å². The Hall–Kier alpha value is -1.51. The zero-order valence-corrected chi connectivity index (χ0v) is 15.0. The number of thioether (sulfide) groups is 1. The zero-order valence-electron chi connectivity index (χ0n) is 13.3. The minimum absolute atomic E-state index is 0.111. The standard InChI is InChI=1S/C16H21N3O3S2/c17-15(22)12-13-14(10(20)9-11(21)18-13)24-16(12)23-8-7-19-5-3-1-2-4-6-19/h9H,1-8H2,(H2,17,22)(H2,18,20,21).